The molecular weight excluding hydrogens is 675 g/mol. The molecule has 2 fully saturated rings. The molecule has 8 aromatic rings. The van der Waals surface area contributed by atoms with E-state index in [2.05, 4.69) is 205 Å². The zero-order valence-corrected chi connectivity index (χ0v) is 31.5. The quantitative estimate of drug-likeness (QED) is 0.159. The topological polar surface area (TPSA) is 3.24 Å². The van der Waals surface area contributed by atoms with Crippen molar-refractivity contribution in [2.45, 2.75) is 31.1 Å². The van der Waals surface area contributed by atoms with E-state index in [1.165, 1.54) is 81.3 Å². The third kappa shape index (κ3) is 5.45. The van der Waals surface area contributed by atoms with Gasteiger partial charge < -0.3 is 4.90 Å². The van der Waals surface area contributed by atoms with E-state index in [9.17, 15) is 0 Å². The maximum absolute atomic E-state index is 2.55. The van der Waals surface area contributed by atoms with Crippen LogP contribution in [0.25, 0.3) is 55.6 Å². The van der Waals surface area contributed by atoms with Gasteiger partial charge in [0.1, 0.15) is 0 Å². The maximum atomic E-state index is 2.55. The highest BCUT2D eigenvalue weighted by molar-refractivity contribution is 5.86. The van der Waals surface area contributed by atoms with Crippen LogP contribution in [0.4, 0.5) is 17.1 Å². The van der Waals surface area contributed by atoms with Gasteiger partial charge in [-0.15, -0.1) is 0 Å². The summed E-state index contributed by atoms with van der Waals surface area (Å²) in [7, 11) is 0. The van der Waals surface area contributed by atoms with Crippen molar-refractivity contribution >= 4 is 17.1 Å². The van der Waals surface area contributed by atoms with E-state index in [-0.39, 0.29) is 5.41 Å². The first-order valence-electron chi connectivity index (χ1n) is 20.3. The molecule has 0 aliphatic heterocycles. The number of rotatable bonds is 7. The molecule has 1 heteroatoms. The van der Waals surface area contributed by atoms with Gasteiger partial charge in [0.25, 0.3) is 0 Å². The predicted octanol–water partition coefficient (Wildman–Crippen LogP) is 14.9. The maximum Gasteiger partial charge on any atom is 0.0462 e. The van der Waals surface area contributed by atoms with Gasteiger partial charge in [-0.1, -0.05) is 164 Å². The summed E-state index contributed by atoms with van der Waals surface area (Å²) in [6, 6.07) is 73.9. The first-order valence-corrected chi connectivity index (χ1v) is 20.3. The van der Waals surface area contributed by atoms with Gasteiger partial charge in [-0.25, -0.2) is 0 Å². The Morgan fingerprint density at radius 1 is 0.357 bits per heavy atom. The molecule has 3 aliphatic rings. The van der Waals surface area contributed by atoms with Gasteiger partial charge in [-0.3, -0.25) is 0 Å². The highest BCUT2D eigenvalue weighted by Crippen LogP contribution is 2.65. The minimum Gasteiger partial charge on any atom is -0.311 e. The molecule has 0 aromatic heterocycles. The summed E-state index contributed by atoms with van der Waals surface area (Å²) in [5.74, 6) is 1.62. The second-order valence-electron chi connectivity index (χ2n) is 16.1. The zero-order chi connectivity index (χ0) is 37.1. The summed E-state index contributed by atoms with van der Waals surface area (Å²) in [6.45, 7) is 0. The van der Waals surface area contributed by atoms with E-state index in [0.717, 1.165) is 28.9 Å². The predicted molar refractivity (Wildman–Crippen MR) is 235 cm³/mol. The van der Waals surface area contributed by atoms with E-state index < -0.39 is 0 Å². The molecule has 11 rings (SSSR count). The van der Waals surface area contributed by atoms with Crippen molar-refractivity contribution < 1.29 is 0 Å². The Morgan fingerprint density at radius 3 is 1.25 bits per heavy atom. The van der Waals surface area contributed by atoms with Crippen LogP contribution < -0.4 is 4.90 Å². The van der Waals surface area contributed by atoms with Crippen LogP contribution in [-0.2, 0) is 5.41 Å². The molecule has 3 aliphatic carbocycles. The summed E-state index contributed by atoms with van der Waals surface area (Å²) in [4.78, 5) is 2.38. The molecule has 3 unspecified atom stereocenters. The molecule has 8 aromatic carbocycles. The first-order chi connectivity index (χ1) is 27.7. The van der Waals surface area contributed by atoms with Gasteiger partial charge in [0.05, 0.1) is 0 Å². The zero-order valence-electron chi connectivity index (χ0n) is 31.5. The van der Waals surface area contributed by atoms with Crippen LogP contribution in [0.5, 0.6) is 0 Å². The Kier molecular flexibility index (Phi) is 7.88. The Hall–Kier alpha value is -6.44. The summed E-state index contributed by atoms with van der Waals surface area (Å²) in [5.41, 5.74) is 19.5. The van der Waals surface area contributed by atoms with Crippen molar-refractivity contribution in [3.8, 4) is 55.6 Å². The number of fused-ring (bicyclic) bond motifs is 8. The van der Waals surface area contributed by atoms with E-state index in [4.69, 9.17) is 0 Å². The number of anilines is 3. The highest BCUT2D eigenvalue weighted by atomic mass is 15.1. The van der Waals surface area contributed by atoms with Crippen molar-refractivity contribution in [3.05, 3.63) is 211 Å². The highest BCUT2D eigenvalue weighted by Gasteiger charge is 2.56. The lowest BCUT2D eigenvalue weighted by molar-refractivity contribution is 0.327. The normalized spacial score (nSPS) is 18.9. The van der Waals surface area contributed by atoms with Crippen molar-refractivity contribution in [2.75, 3.05) is 4.90 Å². The minimum absolute atomic E-state index is 0.184. The third-order valence-electron chi connectivity index (χ3n) is 13.2. The van der Waals surface area contributed by atoms with Crippen LogP contribution in [0.1, 0.15) is 36.8 Å². The van der Waals surface area contributed by atoms with Crippen molar-refractivity contribution in [3.63, 3.8) is 0 Å². The molecular formula is C55H43N. The number of hydrogen-bond acceptors (Lipinski definition) is 1. The lowest BCUT2D eigenvalue weighted by atomic mass is 9.66. The fourth-order valence-corrected chi connectivity index (χ4v) is 10.5. The van der Waals surface area contributed by atoms with Gasteiger partial charge in [0, 0.05) is 22.5 Å². The first kappa shape index (κ1) is 32.9. The second-order valence-corrected chi connectivity index (χ2v) is 16.1. The summed E-state index contributed by atoms with van der Waals surface area (Å²) < 4.78 is 0. The Balaban J connectivity index is 0.937. The molecule has 268 valence electrons. The molecule has 56 heavy (non-hydrogen) atoms. The molecule has 2 bridgehead atoms. The average Bonchev–Trinajstić information content (AvgIpc) is 3.98. The lowest BCUT2D eigenvalue weighted by Crippen LogP contribution is -2.31. The van der Waals surface area contributed by atoms with Crippen LogP contribution in [-0.4, -0.2) is 0 Å². The van der Waals surface area contributed by atoms with Crippen molar-refractivity contribution in [2.24, 2.45) is 11.8 Å². The van der Waals surface area contributed by atoms with Crippen molar-refractivity contribution in [1.82, 2.24) is 0 Å². The SMILES string of the molecule is c1ccc(-c2ccc(-c3ccc(N(c4ccc(-c5ccccc5)cc4)c4ccc(-c5ccc6c(c5)C5(CC7CCC5C7)c5ccccc5-6)cc4)cc3)cc2)cc1. The monoisotopic (exact) mass is 717 g/mol. The van der Waals surface area contributed by atoms with Crippen LogP contribution in [0.2, 0.25) is 0 Å². The van der Waals surface area contributed by atoms with Gasteiger partial charge in [-0.2, -0.15) is 0 Å². The minimum atomic E-state index is 0.184. The Morgan fingerprint density at radius 2 is 0.768 bits per heavy atom. The van der Waals surface area contributed by atoms with Gasteiger partial charge in [-0.05, 0) is 140 Å². The average molecular weight is 718 g/mol. The van der Waals surface area contributed by atoms with Crippen LogP contribution >= 0.6 is 0 Å². The van der Waals surface area contributed by atoms with Crippen molar-refractivity contribution in [1.29, 1.82) is 0 Å². The molecule has 2 saturated carbocycles. The van der Waals surface area contributed by atoms with E-state index in [1.54, 1.807) is 11.1 Å². The summed E-state index contributed by atoms with van der Waals surface area (Å²) >= 11 is 0. The number of nitrogens with zero attached hydrogens (tertiary/aromatic N) is 1. The van der Waals surface area contributed by atoms with E-state index in [0.29, 0.717) is 0 Å². The lowest BCUT2D eigenvalue weighted by Gasteiger charge is -2.36. The Labute approximate surface area is 330 Å². The van der Waals surface area contributed by atoms with E-state index in [1.807, 2.05) is 0 Å². The van der Waals surface area contributed by atoms with Gasteiger partial charge in [0.2, 0.25) is 0 Å². The van der Waals surface area contributed by atoms with Crippen LogP contribution in [0, 0.1) is 11.8 Å². The molecule has 0 N–H and O–H groups in total. The molecule has 3 atom stereocenters. The number of hydrogen-bond donors (Lipinski definition) is 0. The molecule has 0 radical (unpaired) electrons. The molecule has 0 heterocycles. The fourth-order valence-electron chi connectivity index (χ4n) is 10.5. The van der Waals surface area contributed by atoms with Crippen LogP contribution in [0.3, 0.4) is 0 Å². The summed E-state index contributed by atoms with van der Waals surface area (Å²) in [5, 5.41) is 0. The third-order valence-corrected chi connectivity index (χ3v) is 13.2. The number of benzene rings is 8. The second kappa shape index (κ2) is 13.4. The molecule has 1 nitrogen and oxygen atoms in total. The molecule has 0 saturated heterocycles. The van der Waals surface area contributed by atoms with Crippen LogP contribution in [0.15, 0.2) is 200 Å². The largest absolute Gasteiger partial charge is 0.311 e. The fraction of sp³-hybridized carbons (Fsp3) is 0.127. The van der Waals surface area contributed by atoms with E-state index >= 15 is 0 Å². The summed E-state index contributed by atoms with van der Waals surface area (Å²) in [6.07, 6.45) is 5.46. The van der Waals surface area contributed by atoms with Gasteiger partial charge >= 0.3 is 0 Å². The van der Waals surface area contributed by atoms with Gasteiger partial charge in [0.15, 0.2) is 0 Å². The molecule has 0 amide bonds. The molecule has 1 spiro atoms. The Bertz CT molecular complexity index is 2660. The standard InChI is InChI=1S/C55H43N/c1-3-9-39(10-4-1)41-16-18-42(19-17-41)44-22-30-49(31-23-44)56(48-28-20-43(21-29-48)40-11-5-2-6-12-40)50-32-24-45(25-33-50)46-26-34-52-51-13-7-8-14-53(51)55(54(52)36-46)37-38-15-27-47(55)35-38/h1-14,16-26,28-34,36,38,47H,15,27,35,37H2. The smallest absolute Gasteiger partial charge is 0.0462 e.